The van der Waals surface area contributed by atoms with E-state index in [0.717, 1.165) is 5.56 Å². The Morgan fingerprint density at radius 3 is 1.81 bits per heavy atom. The van der Waals surface area contributed by atoms with Crippen LogP contribution in [0.1, 0.15) is 40.2 Å². The van der Waals surface area contributed by atoms with E-state index in [0.29, 0.717) is 11.8 Å². The minimum Gasteiger partial charge on any atom is -0.428 e. The third-order valence-electron chi connectivity index (χ3n) is 4.24. The molecule has 0 bridgehead atoms. The lowest BCUT2D eigenvalue weighted by molar-refractivity contribution is -0.253. The van der Waals surface area contributed by atoms with Crippen LogP contribution in [-0.4, -0.2) is 12.5 Å². The number of alkyl halides is 4. The Bertz CT molecular complexity index is 452. The molecular formula is C16H22F4O. The van der Waals surface area contributed by atoms with Crippen molar-refractivity contribution in [2.24, 2.45) is 11.8 Å². The maximum Gasteiger partial charge on any atom is 0.461 e. The van der Waals surface area contributed by atoms with Gasteiger partial charge in [0.15, 0.2) is 0 Å². The minimum absolute atomic E-state index is 0.155. The molecule has 0 saturated carbocycles. The maximum atomic E-state index is 12.8. The lowest BCUT2D eigenvalue weighted by Gasteiger charge is -2.35. The predicted octanol–water partition coefficient (Wildman–Crippen LogP) is 5.49. The number of hydrogen-bond donors (Lipinski definition) is 0. The van der Waals surface area contributed by atoms with Gasteiger partial charge in [-0.2, -0.15) is 17.6 Å². The van der Waals surface area contributed by atoms with Gasteiger partial charge in [0, 0.05) is 0 Å². The fraction of sp³-hybridized carbons (Fsp3) is 0.625. The standard InChI is InChI=1S/C16H22F4O/c1-10(2)11(3)15(4,5)12-6-8-13(9-7-12)21-16(19,20)14(17)18/h6-11,14H,1-5H3. The van der Waals surface area contributed by atoms with E-state index in [1.165, 1.54) is 12.1 Å². The van der Waals surface area contributed by atoms with E-state index in [2.05, 4.69) is 39.4 Å². The molecular weight excluding hydrogens is 284 g/mol. The van der Waals surface area contributed by atoms with Crippen LogP contribution in [0.2, 0.25) is 0 Å². The summed E-state index contributed by atoms with van der Waals surface area (Å²) in [5.74, 6) is 0.558. The van der Waals surface area contributed by atoms with Crippen LogP contribution in [-0.2, 0) is 5.41 Å². The molecule has 1 aromatic carbocycles. The lowest BCUT2D eigenvalue weighted by Crippen LogP contribution is -2.33. The third kappa shape index (κ3) is 4.11. The molecule has 1 unspecified atom stereocenters. The Morgan fingerprint density at radius 2 is 1.43 bits per heavy atom. The molecule has 0 N–H and O–H groups in total. The molecule has 1 rings (SSSR count). The SMILES string of the molecule is CC(C)C(C)C(C)(C)c1ccc(OC(F)(F)C(F)F)cc1. The van der Waals surface area contributed by atoms with E-state index in [1.54, 1.807) is 12.1 Å². The molecule has 5 heteroatoms. The predicted molar refractivity (Wildman–Crippen MR) is 75.0 cm³/mol. The Labute approximate surface area is 123 Å². The Morgan fingerprint density at radius 1 is 0.952 bits per heavy atom. The molecule has 0 aliphatic rings. The molecule has 0 aliphatic carbocycles. The molecule has 1 atom stereocenters. The molecule has 0 fully saturated rings. The van der Waals surface area contributed by atoms with Gasteiger partial charge in [0.2, 0.25) is 0 Å². The number of ether oxygens (including phenoxy) is 1. The zero-order valence-corrected chi connectivity index (χ0v) is 13.0. The normalized spacial score (nSPS) is 14.6. The van der Waals surface area contributed by atoms with E-state index in [-0.39, 0.29) is 11.2 Å². The summed E-state index contributed by atoms with van der Waals surface area (Å²) in [6.07, 6.45) is -8.32. The molecule has 1 nitrogen and oxygen atoms in total. The van der Waals surface area contributed by atoms with E-state index in [4.69, 9.17) is 0 Å². The fourth-order valence-corrected chi connectivity index (χ4v) is 2.25. The topological polar surface area (TPSA) is 9.23 Å². The van der Waals surface area contributed by atoms with Crippen LogP contribution in [0.3, 0.4) is 0 Å². The van der Waals surface area contributed by atoms with Gasteiger partial charge in [-0.25, -0.2) is 0 Å². The van der Waals surface area contributed by atoms with Crippen molar-refractivity contribution in [1.29, 1.82) is 0 Å². The Balaban J connectivity index is 2.93. The van der Waals surface area contributed by atoms with E-state index in [9.17, 15) is 17.6 Å². The monoisotopic (exact) mass is 306 g/mol. The van der Waals surface area contributed by atoms with Gasteiger partial charge >= 0.3 is 12.5 Å². The highest BCUT2D eigenvalue weighted by Gasteiger charge is 2.44. The first kappa shape index (κ1) is 17.8. The van der Waals surface area contributed by atoms with Crippen LogP contribution in [0.25, 0.3) is 0 Å². The van der Waals surface area contributed by atoms with Gasteiger partial charge in [0.05, 0.1) is 0 Å². The van der Waals surface area contributed by atoms with Crippen molar-refractivity contribution in [2.75, 3.05) is 0 Å². The summed E-state index contributed by atoms with van der Waals surface area (Å²) in [5.41, 5.74) is 0.800. The zero-order valence-electron chi connectivity index (χ0n) is 13.0. The number of hydrogen-bond acceptors (Lipinski definition) is 1. The summed E-state index contributed by atoms with van der Waals surface area (Å²) in [7, 11) is 0. The lowest BCUT2D eigenvalue weighted by atomic mass is 9.70. The van der Waals surface area contributed by atoms with Crippen molar-refractivity contribution in [3.05, 3.63) is 29.8 Å². The van der Waals surface area contributed by atoms with Crippen molar-refractivity contribution in [3.63, 3.8) is 0 Å². The van der Waals surface area contributed by atoms with Crippen molar-refractivity contribution in [1.82, 2.24) is 0 Å². The van der Waals surface area contributed by atoms with Crippen molar-refractivity contribution >= 4 is 0 Å². The number of benzene rings is 1. The maximum absolute atomic E-state index is 12.8. The first-order valence-electron chi connectivity index (χ1n) is 6.94. The second-order valence-corrected chi connectivity index (χ2v) is 6.24. The molecule has 21 heavy (non-hydrogen) atoms. The van der Waals surface area contributed by atoms with Gasteiger partial charge in [0.25, 0.3) is 0 Å². The van der Waals surface area contributed by atoms with Gasteiger partial charge in [-0.15, -0.1) is 0 Å². The second kappa shape index (κ2) is 6.24. The highest BCUT2D eigenvalue weighted by Crippen LogP contribution is 2.37. The second-order valence-electron chi connectivity index (χ2n) is 6.24. The summed E-state index contributed by atoms with van der Waals surface area (Å²) >= 11 is 0. The van der Waals surface area contributed by atoms with Crippen LogP contribution in [0.5, 0.6) is 5.75 Å². The smallest absolute Gasteiger partial charge is 0.428 e. The van der Waals surface area contributed by atoms with Crippen molar-refractivity contribution in [2.45, 2.75) is 52.6 Å². The minimum atomic E-state index is -4.47. The average molecular weight is 306 g/mol. The van der Waals surface area contributed by atoms with Crippen LogP contribution in [0.4, 0.5) is 17.6 Å². The van der Waals surface area contributed by atoms with Crippen molar-refractivity contribution in [3.8, 4) is 5.75 Å². The average Bonchev–Trinajstić information content (AvgIpc) is 2.37. The highest BCUT2D eigenvalue weighted by atomic mass is 19.3. The molecule has 120 valence electrons. The van der Waals surface area contributed by atoms with Crippen LogP contribution in [0.15, 0.2) is 24.3 Å². The largest absolute Gasteiger partial charge is 0.461 e. The van der Waals surface area contributed by atoms with Crippen LogP contribution in [0, 0.1) is 11.8 Å². The first-order chi connectivity index (χ1) is 9.48. The van der Waals surface area contributed by atoms with E-state index >= 15 is 0 Å². The molecule has 1 aromatic rings. The Hall–Kier alpha value is -1.26. The summed E-state index contributed by atoms with van der Waals surface area (Å²) in [6, 6.07) is 5.91. The molecule has 0 saturated heterocycles. The highest BCUT2D eigenvalue weighted by molar-refractivity contribution is 5.32. The van der Waals surface area contributed by atoms with E-state index in [1.807, 2.05) is 0 Å². The van der Waals surface area contributed by atoms with E-state index < -0.39 is 12.5 Å². The molecule has 0 radical (unpaired) electrons. The van der Waals surface area contributed by atoms with Crippen LogP contribution < -0.4 is 4.74 Å². The van der Waals surface area contributed by atoms with Crippen LogP contribution >= 0.6 is 0 Å². The van der Waals surface area contributed by atoms with Gasteiger partial charge in [-0.3, -0.25) is 0 Å². The molecule has 0 aliphatic heterocycles. The molecule has 0 heterocycles. The Kier molecular flexibility index (Phi) is 5.29. The summed E-state index contributed by atoms with van der Waals surface area (Å²) in [5, 5.41) is 0. The quantitative estimate of drug-likeness (QED) is 0.631. The zero-order chi connectivity index (χ0) is 16.4. The third-order valence-corrected chi connectivity index (χ3v) is 4.24. The fourth-order valence-electron chi connectivity index (χ4n) is 2.25. The first-order valence-corrected chi connectivity index (χ1v) is 6.94. The molecule has 0 spiro atoms. The summed E-state index contributed by atoms with van der Waals surface area (Å²) < 4.78 is 53.9. The summed E-state index contributed by atoms with van der Waals surface area (Å²) in [4.78, 5) is 0. The summed E-state index contributed by atoms with van der Waals surface area (Å²) in [6.45, 7) is 10.5. The molecule has 0 amide bonds. The number of rotatable bonds is 6. The van der Waals surface area contributed by atoms with Gasteiger partial charge < -0.3 is 4.74 Å². The number of halogens is 4. The van der Waals surface area contributed by atoms with Gasteiger partial charge in [-0.1, -0.05) is 46.8 Å². The molecule has 0 aromatic heterocycles. The van der Waals surface area contributed by atoms with Gasteiger partial charge in [-0.05, 0) is 34.9 Å². The van der Waals surface area contributed by atoms with Crippen molar-refractivity contribution < 1.29 is 22.3 Å². The van der Waals surface area contributed by atoms with Gasteiger partial charge in [0.1, 0.15) is 5.75 Å².